The van der Waals surface area contributed by atoms with Crippen LogP contribution in [0.2, 0.25) is 0 Å². The van der Waals surface area contributed by atoms with E-state index in [4.69, 9.17) is 32.7 Å². The molecule has 0 aliphatic carbocycles. The quantitative estimate of drug-likeness (QED) is 0.495. The van der Waals surface area contributed by atoms with Crippen LogP contribution in [-0.4, -0.2) is 36.7 Å². The maximum Gasteiger partial charge on any atom is 0.104 e. The first-order chi connectivity index (χ1) is 5.20. The zero-order chi connectivity index (χ0) is 8.32. The van der Waals surface area contributed by atoms with Crippen LogP contribution in [-0.2, 0) is 9.47 Å². The number of hydrogen-bond acceptors (Lipinski definition) is 2. The van der Waals surface area contributed by atoms with Crippen LogP contribution in [0.1, 0.15) is 6.92 Å². The molecule has 0 aromatic carbocycles. The van der Waals surface area contributed by atoms with Crippen molar-refractivity contribution in [3.8, 4) is 0 Å². The first kappa shape index (κ1) is 9.59. The first-order valence-electron chi connectivity index (χ1n) is 3.58. The van der Waals surface area contributed by atoms with Gasteiger partial charge >= 0.3 is 0 Å². The minimum absolute atomic E-state index is 0.278. The van der Waals surface area contributed by atoms with Crippen LogP contribution in [0.4, 0.5) is 0 Å². The smallest absolute Gasteiger partial charge is 0.104 e. The van der Waals surface area contributed by atoms with E-state index >= 15 is 0 Å². The first-order valence-corrected chi connectivity index (χ1v) is 4.64. The van der Waals surface area contributed by atoms with Crippen LogP contribution >= 0.6 is 23.2 Å². The topological polar surface area (TPSA) is 21.8 Å². The van der Waals surface area contributed by atoms with Gasteiger partial charge < -0.3 is 9.47 Å². The van der Waals surface area contributed by atoms with E-state index < -0.39 is 5.60 Å². The number of epoxide rings is 1. The summed E-state index contributed by atoms with van der Waals surface area (Å²) < 4.78 is 10.4. The number of ether oxygens (including phenoxy) is 2. The molecule has 1 rings (SSSR count). The largest absolute Gasteiger partial charge is 0.371 e. The van der Waals surface area contributed by atoms with Gasteiger partial charge in [0.2, 0.25) is 0 Å². The Labute approximate surface area is 76.8 Å². The van der Waals surface area contributed by atoms with Gasteiger partial charge in [-0.2, -0.15) is 0 Å². The Hall–Kier alpha value is 0.500. The molecule has 2 nitrogen and oxygen atoms in total. The van der Waals surface area contributed by atoms with Crippen molar-refractivity contribution in [2.75, 3.05) is 25.0 Å². The lowest BCUT2D eigenvalue weighted by molar-refractivity contribution is -0.00522. The lowest BCUT2D eigenvalue weighted by Gasteiger charge is -2.24. The van der Waals surface area contributed by atoms with Gasteiger partial charge in [0.15, 0.2) is 0 Å². The molecule has 1 heterocycles. The maximum atomic E-state index is 5.66. The summed E-state index contributed by atoms with van der Waals surface area (Å²) in [6.45, 7) is 3.31. The molecule has 1 aliphatic heterocycles. The molecule has 1 unspecified atom stereocenters. The lowest BCUT2D eigenvalue weighted by atomic mass is 10.2. The standard InChI is InChI=1S/C7H12Cl2O2/c1-7(4-8,5-9)11-3-6-2-10-6/h6H,2-5H2,1H3. The molecule has 4 heteroatoms. The Kier molecular flexibility index (Phi) is 3.44. The minimum atomic E-state index is -0.394. The summed E-state index contributed by atoms with van der Waals surface area (Å²) in [5, 5.41) is 0. The van der Waals surface area contributed by atoms with Gasteiger partial charge in [0.25, 0.3) is 0 Å². The van der Waals surface area contributed by atoms with E-state index in [9.17, 15) is 0 Å². The van der Waals surface area contributed by atoms with Gasteiger partial charge in [-0.25, -0.2) is 0 Å². The third-order valence-corrected chi connectivity index (χ3v) is 2.72. The molecule has 0 aromatic heterocycles. The van der Waals surface area contributed by atoms with Crippen molar-refractivity contribution in [1.82, 2.24) is 0 Å². The number of rotatable bonds is 5. The molecule has 1 saturated heterocycles. The van der Waals surface area contributed by atoms with Crippen LogP contribution in [0.3, 0.4) is 0 Å². The van der Waals surface area contributed by atoms with Crippen molar-refractivity contribution in [3.63, 3.8) is 0 Å². The van der Waals surface area contributed by atoms with Gasteiger partial charge in [0.05, 0.1) is 30.6 Å². The monoisotopic (exact) mass is 198 g/mol. The fraction of sp³-hybridized carbons (Fsp3) is 1.00. The van der Waals surface area contributed by atoms with Crippen molar-refractivity contribution in [2.45, 2.75) is 18.6 Å². The highest BCUT2D eigenvalue weighted by Crippen LogP contribution is 2.18. The molecule has 1 aliphatic rings. The van der Waals surface area contributed by atoms with Crippen molar-refractivity contribution < 1.29 is 9.47 Å². The summed E-state index contributed by atoms with van der Waals surface area (Å²) in [6, 6.07) is 0. The molecule has 0 aromatic rings. The molecule has 1 fully saturated rings. The van der Waals surface area contributed by atoms with E-state index in [-0.39, 0.29) is 6.10 Å². The van der Waals surface area contributed by atoms with Gasteiger partial charge in [0.1, 0.15) is 6.10 Å². The summed E-state index contributed by atoms with van der Waals surface area (Å²) in [5.74, 6) is 0.840. The van der Waals surface area contributed by atoms with Crippen LogP contribution < -0.4 is 0 Å². The Morgan fingerprint density at radius 1 is 1.55 bits per heavy atom. The van der Waals surface area contributed by atoms with Crippen molar-refractivity contribution in [1.29, 1.82) is 0 Å². The van der Waals surface area contributed by atoms with E-state index in [1.54, 1.807) is 0 Å². The summed E-state index contributed by atoms with van der Waals surface area (Å²) in [4.78, 5) is 0. The minimum Gasteiger partial charge on any atom is -0.371 e. The molecule has 0 spiro atoms. The molecule has 0 radical (unpaired) electrons. The van der Waals surface area contributed by atoms with Gasteiger partial charge in [-0.15, -0.1) is 23.2 Å². The molecule has 1 atom stereocenters. The van der Waals surface area contributed by atoms with Crippen LogP contribution in [0.25, 0.3) is 0 Å². The predicted molar refractivity (Wildman–Crippen MR) is 45.5 cm³/mol. The van der Waals surface area contributed by atoms with Crippen molar-refractivity contribution in [3.05, 3.63) is 0 Å². The Bertz CT molecular complexity index is 122. The third-order valence-electron chi connectivity index (χ3n) is 1.59. The molecule has 0 saturated carbocycles. The Balaban J connectivity index is 2.18. The summed E-state index contributed by atoms with van der Waals surface area (Å²) in [6.07, 6.45) is 0.278. The average molecular weight is 199 g/mol. The van der Waals surface area contributed by atoms with Crippen molar-refractivity contribution >= 4 is 23.2 Å². The third kappa shape index (κ3) is 3.16. The highest BCUT2D eigenvalue weighted by molar-refractivity contribution is 6.21. The number of halogens is 2. The molecule has 66 valence electrons. The Morgan fingerprint density at radius 3 is 2.45 bits per heavy atom. The SMILES string of the molecule is CC(CCl)(CCl)OCC1CO1. The normalized spacial score (nSPS) is 23.7. The fourth-order valence-electron chi connectivity index (χ4n) is 0.571. The van der Waals surface area contributed by atoms with E-state index in [1.165, 1.54) is 0 Å². The van der Waals surface area contributed by atoms with Gasteiger partial charge in [-0.3, -0.25) is 0 Å². The van der Waals surface area contributed by atoms with E-state index in [1.807, 2.05) is 6.92 Å². The lowest BCUT2D eigenvalue weighted by Crippen LogP contribution is -2.34. The molecular weight excluding hydrogens is 187 g/mol. The number of hydrogen-bond donors (Lipinski definition) is 0. The second kappa shape index (κ2) is 3.94. The van der Waals surface area contributed by atoms with E-state index in [0.717, 1.165) is 6.61 Å². The number of alkyl halides is 2. The summed E-state index contributed by atoms with van der Waals surface area (Å²) in [7, 11) is 0. The van der Waals surface area contributed by atoms with E-state index in [2.05, 4.69) is 0 Å². The molecule has 0 bridgehead atoms. The van der Waals surface area contributed by atoms with Gasteiger partial charge in [-0.1, -0.05) is 0 Å². The molecular formula is C7H12Cl2O2. The summed E-state index contributed by atoms with van der Waals surface area (Å²) in [5.41, 5.74) is -0.394. The van der Waals surface area contributed by atoms with Gasteiger partial charge in [-0.05, 0) is 6.92 Å². The highest BCUT2D eigenvalue weighted by atomic mass is 35.5. The summed E-state index contributed by atoms with van der Waals surface area (Å²) >= 11 is 11.3. The van der Waals surface area contributed by atoms with Crippen LogP contribution in [0.5, 0.6) is 0 Å². The predicted octanol–water partition coefficient (Wildman–Crippen LogP) is 1.64. The zero-order valence-electron chi connectivity index (χ0n) is 6.48. The van der Waals surface area contributed by atoms with Gasteiger partial charge in [0, 0.05) is 0 Å². The van der Waals surface area contributed by atoms with Crippen LogP contribution in [0.15, 0.2) is 0 Å². The highest BCUT2D eigenvalue weighted by Gasteiger charge is 2.29. The second-order valence-corrected chi connectivity index (χ2v) is 3.52. The maximum absolute atomic E-state index is 5.66. The van der Waals surface area contributed by atoms with E-state index in [0.29, 0.717) is 18.4 Å². The average Bonchev–Trinajstić information content (AvgIpc) is 2.83. The van der Waals surface area contributed by atoms with Crippen molar-refractivity contribution in [2.24, 2.45) is 0 Å². The van der Waals surface area contributed by atoms with Crippen LogP contribution in [0, 0.1) is 0 Å². The second-order valence-electron chi connectivity index (χ2n) is 2.98. The Morgan fingerprint density at radius 2 is 2.09 bits per heavy atom. The zero-order valence-corrected chi connectivity index (χ0v) is 7.99. The molecule has 11 heavy (non-hydrogen) atoms. The molecule has 0 amide bonds. The fourth-order valence-corrected chi connectivity index (χ4v) is 1.01. The molecule has 0 N–H and O–H groups in total.